The minimum atomic E-state index is -4.76. The smallest absolute Gasteiger partial charge is 0.448 e. The van der Waals surface area contributed by atoms with Gasteiger partial charge in [-0.1, -0.05) is 0 Å². The Bertz CT molecular complexity index is 168. The lowest BCUT2D eigenvalue weighted by molar-refractivity contribution is 0.147. The van der Waals surface area contributed by atoms with Crippen LogP contribution in [-0.2, 0) is 0 Å². The van der Waals surface area contributed by atoms with E-state index < -0.39 is 13.4 Å². The fraction of sp³-hybridized carbons (Fsp3) is 1.00. The van der Waals surface area contributed by atoms with Crippen LogP contribution in [0.25, 0.3) is 0 Å². The van der Waals surface area contributed by atoms with E-state index >= 15 is 0 Å². The molecule has 0 amide bonds. The molecule has 1 atom stereocenters. The Hall–Kier alpha value is 0.125. The van der Waals surface area contributed by atoms with E-state index in [-0.39, 0.29) is 12.6 Å². The van der Waals surface area contributed by atoms with Gasteiger partial charge >= 0.3 is 6.98 Å². The van der Waals surface area contributed by atoms with Crippen molar-refractivity contribution < 1.29 is 18.1 Å². The summed E-state index contributed by atoms with van der Waals surface area (Å²) in [4.78, 5) is 1.33. The van der Waals surface area contributed by atoms with E-state index in [0.717, 1.165) is 5.75 Å². The number of hydrogen-bond acceptors (Lipinski definition) is 3. The third kappa shape index (κ3) is 3.78. The van der Waals surface area contributed by atoms with Crippen molar-refractivity contribution in [3.63, 3.8) is 0 Å². The van der Waals surface area contributed by atoms with Gasteiger partial charge in [0.2, 0.25) is 0 Å². The monoisotopic (exact) mass is 214 g/mol. The predicted molar refractivity (Wildman–Crippen MR) is 48.8 cm³/mol. The molecule has 78 valence electrons. The molecular weight excluding hydrogens is 202 g/mol. The summed E-state index contributed by atoms with van der Waals surface area (Å²) in [5.41, 5.74) is 0. The molecule has 1 aliphatic heterocycles. The fourth-order valence-electron chi connectivity index (χ4n) is 1.36. The second-order valence-corrected chi connectivity index (χ2v) is 4.27. The molecule has 0 saturated carbocycles. The summed E-state index contributed by atoms with van der Waals surface area (Å²) in [7, 11) is 0. The summed E-state index contributed by atoms with van der Waals surface area (Å²) >= 11 is 1.60. The molecule has 0 bridgehead atoms. The van der Waals surface area contributed by atoms with E-state index in [0.29, 0.717) is 12.3 Å². The van der Waals surface area contributed by atoms with Gasteiger partial charge in [-0.3, -0.25) is 0 Å². The SMILES string of the molecule is OCC1CSCCN1C[B-](F)(F)F. The summed E-state index contributed by atoms with van der Waals surface area (Å²) in [5, 5.41) is 8.84. The number of aliphatic hydroxyl groups is 1. The van der Waals surface area contributed by atoms with Gasteiger partial charge < -0.3 is 23.0 Å². The molecule has 13 heavy (non-hydrogen) atoms. The Labute approximate surface area is 79.5 Å². The van der Waals surface area contributed by atoms with Crippen LogP contribution in [0.1, 0.15) is 0 Å². The summed E-state index contributed by atoms with van der Waals surface area (Å²) in [6.07, 6.45) is -0.841. The number of halogens is 3. The summed E-state index contributed by atoms with van der Waals surface area (Å²) < 4.78 is 36.2. The summed E-state index contributed by atoms with van der Waals surface area (Å²) in [6.45, 7) is -4.51. The first-order valence-electron chi connectivity index (χ1n) is 4.16. The highest BCUT2D eigenvalue weighted by atomic mass is 32.2. The molecule has 0 aromatic heterocycles. The molecule has 1 rings (SSSR count). The molecule has 7 heteroatoms. The minimum absolute atomic E-state index is 0.181. The second-order valence-electron chi connectivity index (χ2n) is 3.12. The van der Waals surface area contributed by atoms with E-state index in [9.17, 15) is 12.9 Å². The van der Waals surface area contributed by atoms with E-state index in [4.69, 9.17) is 5.11 Å². The van der Waals surface area contributed by atoms with Crippen LogP contribution in [0, 0.1) is 0 Å². The third-order valence-corrected chi connectivity index (χ3v) is 3.09. The Morgan fingerprint density at radius 1 is 1.46 bits per heavy atom. The van der Waals surface area contributed by atoms with Crippen molar-refractivity contribution in [3.05, 3.63) is 0 Å². The number of aliphatic hydroxyl groups excluding tert-OH is 1. The molecule has 0 aromatic carbocycles. The van der Waals surface area contributed by atoms with Gasteiger partial charge in [0.15, 0.2) is 0 Å². The molecular formula is C6H12BF3NOS-. The van der Waals surface area contributed by atoms with Crippen molar-refractivity contribution in [1.82, 2.24) is 4.90 Å². The van der Waals surface area contributed by atoms with Crippen molar-refractivity contribution >= 4 is 18.7 Å². The summed E-state index contributed by atoms with van der Waals surface area (Å²) in [5.74, 6) is 1.32. The van der Waals surface area contributed by atoms with E-state index in [1.807, 2.05) is 0 Å². The topological polar surface area (TPSA) is 23.5 Å². The molecule has 1 saturated heterocycles. The zero-order valence-corrected chi connectivity index (χ0v) is 7.94. The molecule has 0 aliphatic carbocycles. The Kier molecular flexibility index (Phi) is 3.94. The van der Waals surface area contributed by atoms with Crippen molar-refractivity contribution in [3.8, 4) is 0 Å². The maximum absolute atomic E-state index is 12.1. The first-order valence-corrected chi connectivity index (χ1v) is 5.32. The van der Waals surface area contributed by atoms with Gasteiger partial charge in [-0.2, -0.15) is 11.8 Å². The molecule has 0 aromatic rings. The van der Waals surface area contributed by atoms with E-state index in [1.54, 1.807) is 11.8 Å². The third-order valence-electron chi connectivity index (χ3n) is 2.00. The van der Waals surface area contributed by atoms with Crippen LogP contribution in [0.15, 0.2) is 0 Å². The highest BCUT2D eigenvalue weighted by Crippen LogP contribution is 2.19. The highest BCUT2D eigenvalue weighted by molar-refractivity contribution is 7.99. The molecule has 2 nitrogen and oxygen atoms in total. The van der Waals surface area contributed by atoms with Crippen LogP contribution >= 0.6 is 11.8 Å². The Balaban J connectivity index is 2.45. The standard InChI is InChI=1S/C6H12BF3NOS/c8-7(9,10)5-11-1-2-13-4-6(11)3-12/h6,12H,1-5H2/q-1. The molecule has 0 spiro atoms. The normalized spacial score (nSPS) is 26.3. The van der Waals surface area contributed by atoms with Crippen LogP contribution in [0.3, 0.4) is 0 Å². The quantitative estimate of drug-likeness (QED) is 0.702. The highest BCUT2D eigenvalue weighted by Gasteiger charge is 2.31. The van der Waals surface area contributed by atoms with Crippen molar-refractivity contribution in [2.45, 2.75) is 6.04 Å². The van der Waals surface area contributed by atoms with Crippen LogP contribution in [0.4, 0.5) is 12.9 Å². The van der Waals surface area contributed by atoms with E-state index in [2.05, 4.69) is 0 Å². The Morgan fingerprint density at radius 2 is 2.15 bits per heavy atom. The van der Waals surface area contributed by atoms with Crippen LogP contribution < -0.4 is 0 Å². The van der Waals surface area contributed by atoms with Gasteiger partial charge in [0.05, 0.1) is 6.61 Å². The first-order chi connectivity index (χ1) is 6.03. The average Bonchev–Trinajstić information content (AvgIpc) is 2.02. The number of hydrogen-bond donors (Lipinski definition) is 1. The van der Waals surface area contributed by atoms with Crippen LogP contribution in [-0.4, -0.2) is 54.1 Å². The molecule has 1 fully saturated rings. The second kappa shape index (κ2) is 4.57. The first kappa shape index (κ1) is 11.2. The van der Waals surface area contributed by atoms with Gasteiger partial charge in [0.25, 0.3) is 0 Å². The molecule has 0 radical (unpaired) electrons. The van der Waals surface area contributed by atoms with Crippen LogP contribution in [0.5, 0.6) is 0 Å². The zero-order chi connectivity index (χ0) is 9.90. The fourth-order valence-corrected chi connectivity index (χ4v) is 2.48. The lowest BCUT2D eigenvalue weighted by atomic mass is 9.90. The van der Waals surface area contributed by atoms with Crippen LogP contribution in [0.2, 0.25) is 0 Å². The molecule has 1 aliphatic rings. The summed E-state index contributed by atoms with van der Waals surface area (Å²) in [6, 6.07) is -0.317. The van der Waals surface area contributed by atoms with Gasteiger partial charge in [-0.25, -0.2) is 0 Å². The Morgan fingerprint density at radius 3 is 2.69 bits per heavy atom. The van der Waals surface area contributed by atoms with E-state index in [1.165, 1.54) is 4.90 Å². The minimum Gasteiger partial charge on any atom is -0.448 e. The van der Waals surface area contributed by atoms with Crippen molar-refractivity contribution in [1.29, 1.82) is 0 Å². The van der Waals surface area contributed by atoms with Crippen molar-refractivity contribution in [2.75, 3.05) is 31.1 Å². The molecule has 1 N–H and O–H groups in total. The maximum Gasteiger partial charge on any atom is 0.492 e. The molecule has 1 heterocycles. The lowest BCUT2D eigenvalue weighted by Crippen LogP contribution is -2.50. The number of thioether (sulfide) groups is 1. The molecule has 1 unspecified atom stereocenters. The maximum atomic E-state index is 12.1. The average molecular weight is 214 g/mol. The van der Waals surface area contributed by atoms with Gasteiger partial charge in [-0.15, -0.1) is 0 Å². The van der Waals surface area contributed by atoms with Crippen molar-refractivity contribution in [2.24, 2.45) is 0 Å². The largest absolute Gasteiger partial charge is 0.492 e. The number of nitrogens with zero attached hydrogens (tertiary/aromatic N) is 1. The zero-order valence-electron chi connectivity index (χ0n) is 7.13. The van der Waals surface area contributed by atoms with Gasteiger partial charge in [0, 0.05) is 24.1 Å². The lowest BCUT2D eigenvalue weighted by Gasteiger charge is -2.37. The van der Waals surface area contributed by atoms with Gasteiger partial charge in [-0.05, 0) is 6.44 Å². The number of rotatable bonds is 3. The predicted octanol–water partition coefficient (Wildman–Crippen LogP) is 0.783. The van der Waals surface area contributed by atoms with Gasteiger partial charge in [0.1, 0.15) is 0 Å².